The highest BCUT2D eigenvalue weighted by Crippen LogP contribution is 2.41. The van der Waals surface area contributed by atoms with Crippen LogP contribution in [0.25, 0.3) is 11.3 Å². The van der Waals surface area contributed by atoms with Crippen LogP contribution in [0.3, 0.4) is 0 Å². The highest BCUT2D eigenvalue weighted by Gasteiger charge is 2.25. The van der Waals surface area contributed by atoms with Crippen LogP contribution in [0.5, 0.6) is 0 Å². The summed E-state index contributed by atoms with van der Waals surface area (Å²) in [6.45, 7) is 20.6. The average molecular weight is 441 g/mol. The molecule has 2 heteroatoms. The standard InChI is InChI=1S/C31H36O2/c1-17-11-20(4)27(21(5)12-17)30(28-22(6)13-18(2)14-23(28)7)31(33-26(10)32)29-24(8)15-19(3)16-25(29)9/h11-16H,1-10H3. The van der Waals surface area contributed by atoms with Crippen LogP contribution in [0.2, 0.25) is 0 Å². The maximum atomic E-state index is 12.5. The van der Waals surface area contributed by atoms with Crippen molar-refractivity contribution in [3.8, 4) is 0 Å². The Morgan fingerprint density at radius 2 is 0.788 bits per heavy atom. The lowest BCUT2D eigenvalue weighted by molar-refractivity contribution is -0.134. The zero-order valence-corrected chi connectivity index (χ0v) is 21.8. The summed E-state index contributed by atoms with van der Waals surface area (Å²) in [6, 6.07) is 13.2. The van der Waals surface area contributed by atoms with Gasteiger partial charge >= 0.3 is 5.97 Å². The minimum atomic E-state index is -0.313. The lowest BCUT2D eigenvalue weighted by atomic mass is 9.82. The number of ether oxygens (including phenoxy) is 1. The van der Waals surface area contributed by atoms with Crippen LogP contribution < -0.4 is 0 Å². The molecular formula is C31H36O2. The lowest BCUT2D eigenvalue weighted by Gasteiger charge is -2.25. The highest BCUT2D eigenvalue weighted by atomic mass is 16.5. The summed E-state index contributed by atoms with van der Waals surface area (Å²) in [4.78, 5) is 12.5. The summed E-state index contributed by atoms with van der Waals surface area (Å²) < 4.78 is 6.13. The Kier molecular flexibility index (Phi) is 6.97. The number of esters is 1. The molecule has 0 N–H and O–H groups in total. The van der Waals surface area contributed by atoms with Gasteiger partial charge in [0.2, 0.25) is 0 Å². The second-order valence-corrected chi connectivity index (χ2v) is 9.62. The fraction of sp³-hybridized carbons (Fsp3) is 0.323. The van der Waals surface area contributed by atoms with Crippen molar-refractivity contribution in [3.05, 3.63) is 103 Å². The largest absolute Gasteiger partial charge is 0.425 e. The molecule has 0 amide bonds. The first kappa shape index (κ1) is 24.5. The van der Waals surface area contributed by atoms with Crippen molar-refractivity contribution < 1.29 is 9.53 Å². The van der Waals surface area contributed by atoms with Gasteiger partial charge in [-0.15, -0.1) is 0 Å². The van der Waals surface area contributed by atoms with Crippen molar-refractivity contribution in [1.29, 1.82) is 0 Å². The molecule has 0 saturated heterocycles. The summed E-state index contributed by atoms with van der Waals surface area (Å²) in [5, 5.41) is 0. The molecule has 172 valence electrons. The van der Waals surface area contributed by atoms with Crippen LogP contribution in [0, 0.1) is 62.3 Å². The van der Waals surface area contributed by atoms with Crippen LogP contribution in [0.15, 0.2) is 36.4 Å². The molecule has 0 aliphatic rings. The summed E-state index contributed by atoms with van der Waals surface area (Å²) in [5.74, 6) is 0.328. The average Bonchev–Trinajstić information content (AvgIpc) is 2.63. The first-order valence-electron chi connectivity index (χ1n) is 11.6. The molecule has 0 heterocycles. The third-order valence-electron chi connectivity index (χ3n) is 6.23. The number of aryl methyl sites for hydroxylation is 9. The molecule has 0 aliphatic carbocycles. The number of rotatable bonds is 4. The maximum Gasteiger partial charge on any atom is 0.308 e. The molecule has 3 aromatic rings. The van der Waals surface area contributed by atoms with E-state index in [0.717, 1.165) is 33.4 Å². The first-order chi connectivity index (χ1) is 15.4. The molecule has 0 aliphatic heterocycles. The van der Waals surface area contributed by atoms with Crippen LogP contribution in [0.4, 0.5) is 0 Å². The number of carbonyl (C=O) groups excluding carboxylic acids is 1. The number of hydrogen-bond acceptors (Lipinski definition) is 2. The van der Waals surface area contributed by atoms with Crippen molar-refractivity contribution in [2.24, 2.45) is 0 Å². The molecule has 0 spiro atoms. The summed E-state index contributed by atoms with van der Waals surface area (Å²) in [7, 11) is 0. The van der Waals surface area contributed by atoms with Gasteiger partial charge in [-0.25, -0.2) is 0 Å². The zero-order valence-electron chi connectivity index (χ0n) is 21.8. The van der Waals surface area contributed by atoms with Crippen molar-refractivity contribution in [2.45, 2.75) is 69.2 Å². The van der Waals surface area contributed by atoms with E-state index >= 15 is 0 Å². The topological polar surface area (TPSA) is 26.3 Å². The molecule has 0 fully saturated rings. The molecule has 0 aromatic heterocycles. The van der Waals surface area contributed by atoms with Gasteiger partial charge in [-0.1, -0.05) is 53.1 Å². The zero-order chi connectivity index (χ0) is 24.6. The maximum absolute atomic E-state index is 12.5. The molecule has 2 nitrogen and oxygen atoms in total. The van der Waals surface area contributed by atoms with Crippen LogP contribution >= 0.6 is 0 Å². The normalized spacial score (nSPS) is 10.8. The van der Waals surface area contributed by atoms with Crippen molar-refractivity contribution in [2.75, 3.05) is 0 Å². The number of carbonyl (C=O) groups is 1. The summed E-state index contributed by atoms with van der Waals surface area (Å²) in [5.41, 5.74) is 14.8. The fourth-order valence-electron chi connectivity index (χ4n) is 5.41. The van der Waals surface area contributed by atoms with Crippen molar-refractivity contribution in [1.82, 2.24) is 0 Å². The SMILES string of the molecule is CC(=O)OC(=C(c1c(C)cc(C)cc1C)c1c(C)cc(C)cc1C)c1c(C)cc(C)cc1C. The Bertz CT molecular complexity index is 1160. The monoisotopic (exact) mass is 440 g/mol. The summed E-state index contributed by atoms with van der Waals surface area (Å²) in [6.07, 6.45) is 0. The predicted octanol–water partition coefficient (Wildman–Crippen LogP) is 7.94. The molecule has 0 bridgehead atoms. The second kappa shape index (κ2) is 9.39. The van der Waals surface area contributed by atoms with Gasteiger partial charge in [0.25, 0.3) is 0 Å². The third-order valence-corrected chi connectivity index (χ3v) is 6.23. The second-order valence-electron chi connectivity index (χ2n) is 9.62. The number of hydrogen-bond donors (Lipinski definition) is 0. The van der Waals surface area contributed by atoms with Gasteiger partial charge in [0.15, 0.2) is 0 Å². The van der Waals surface area contributed by atoms with Gasteiger partial charge in [0.05, 0.1) is 0 Å². The van der Waals surface area contributed by atoms with Crippen molar-refractivity contribution >= 4 is 17.3 Å². The fourth-order valence-corrected chi connectivity index (χ4v) is 5.41. The Morgan fingerprint density at radius 3 is 1.06 bits per heavy atom. The van der Waals surface area contributed by atoms with E-state index in [1.54, 1.807) is 0 Å². The minimum absolute atomic E-state index is 0.313. The van der Waals surface area contributed by atoms with Gasteiger partial charge < -0.3 is 4.74 Å². The smallest absolute Gasteiger partial charge is 0.308 e. The van der Waals surface area contributed by atoms with Gasteiger partial charge in [0, 0.05) is 18.1 Å². The Morgan fingerprint density at radius 1 is 0.515 bits per heavy atom. The van der Waals surface area contributed by atoms with Gasteiger partial charge in [-0.2, -0.15) is 0 Å². The Hall–Kier alpha value is -3.13. The minimum Gasteiger partial charge on any atom is -0.425 e. The number of benzene rings is 3. The van der Waals surface area contributed by atoms with E-state index in [4.69, 9.17) is 4.74 Å². The van der Waals surface area contributed by atoms with Crippen molar-refractivity contribution in [3.63, 3.8) is 0 Å². The predicted molar refractivity (Wildman–Crippen MR) is 140 cm³/mol. The van der Waals surface area contributed by atoms with Gasteiger partial charge in [0.1, 0.15) is 5.76 Å². The van der Waals surface area contributed by atoms with E-state index in [-0.39, 0.29) is 5.97 Å². The molecule has 0 unspecified atom stereocenters. The molecular weight excluding hydrogens is 404 g/mol. The lowest BCUT2D eigenvalue weighted by Crippen LogP contribution is -2.10. The quantitative estimate of drug-likeness (QED) is 0.234. The Balaban J connectivity index is 2.62. The van der Waals surface area contributed by atoms with E-state index in [9.17, 15) is 4.79 Å². The molecule has 3 aromatic carbocycles. The summed E-state index contributed by atoms with van der Waals surface area (Å²) >= 11 is 0. The molecule has 0 atom stereocenters. The van der Waals surface area contributed by atoms with Crippen LogP contribution in [-0.4, -0.2) is 5.97 Å². The first-order valence-corrected chi connectivity index (χ1v) is 11.6. The van der Waals surface area contributed by atoms with E-state index in [2.05, 4.69) is 98.7 Å². The third kappa shape index (κ3) is 4.95. The molecule has 3 rings (SSSR count). The molecule has 33 heavy (non-hydrogen) atoms. The van der Waals surface area contributed by atoms with Crippen LogP contribution in [0.1, 0.15) is 73.7 Å². The molecule has 0 radical (unpaired) electrons. The molecule has 0 saturated carbocycles. The van der Waals surface area contributed by atoms with Gasteiger partial charge in [-0.3, -0.25) is 4.79 Å². The van der Waals surface area contributed by atoms with E-state index < -0.39 is 0 Å². The van der Waals surface area contributed by atoms with Crippen LogP contribution in [-0.2, 0) is 9.53 Å². The van der Waals surface area contributed by atoms with E-state index in [1.165, 1.54) is 45.9 Å². The van der Waals surface area contributed by atoms with E-state index in [1.807, 2.05) is 0 Å². The van der Waals surface area contributed by atoms with Gasteiger partial charge in [-0.05, 0) is 107 Å². The Labute approximate surface area is 199 Å². The highest BCUT2D eigenvalue weighted by molar-refractivity contribution is 6.02. The van der Waals surface area contributed by atoms with E-state index in [0.29, 0.717) is 5.76 Å².